The fourth-order valence-electron chi connectivity index (χ4n) is 2.46. The number of hydrogen-bond acceptors (Lipinski definition) is 3. The molecule has 0 aliphatic rings. The summed E-state index contributed by atoms with van der Waals surface area (Å²) in [5, 5.41) is 3.39. The molecule has 2 aromatic carbocycles. The molecule has 2 rings (SSSR count). The van der Waals surface area contributed by atoms with E-state index in [1.54, 1.807) is 7.05 Å². The van der Waals surface area contributed by atoms with Gasteiger partial charge in [-0.1, -0.05) is 42.5 Å². The van der Waals surface area contributed by atoms with Crippen LogP contribution in [0, 0.1) is 0 Å². The molecule has 1 N–H and O–H groups in total. The van der Waals surface area contributed by atoms with Gasteiger partial charge in [-0.2, -0.15) is 0 Å². The smallest absolute Gasteiger partial charge is 0.193 e. The lowest BCUT2D eigenvalue weighted by Gasteiger charge is -2.22. The van der Waals surface area contributed by atoms with Gasteiger partial charge in [0.1, 0.15) is 12.4 Å². The van der Waals surface area contributed by atoms with Gasteiger partial charge in [0, 0.05) is 27.2 Å². The zero-order valence-electron chi connectivity index (χ0n) is 16.4. The Bertz CT molecular complexity index is 663. The second-order valence-electron chi connectivity index (χ2n) is 5.94. The maximum atomic E-state index is 5.74. The normalized spacial score (nSPS) is 10.9. The molecule has 0 unspecified atom stereocenters. The SMILES string of the molecule is CCOCc1ccc(CNC(=NC)N(C)CCOc2ccccc2)cc1.I. The number of rotatable bonds is 9. The molecule has 0 aliphatic carbocycles. The number of para-hydroxylation sites is 1. The fraction of sp³-hybridized carbons (Fsp3) is 0.381. The molecule has 148 valence electrons. The Balaban J connectivity index is 0.00000364. The highest BCUT2D eigenvalue weighted by atomic mass is 127. The van der Waals surface area contributed by atoms with Crippen LogP contribution in [0.2, 0.25) is 0 Å². The van der Waals surface area contributed by atoms with Gasteiger partial charge >= 0.3 is 0 Å². The molecule has 0 saturated heterocycles. The zero-order chi connectivity index (χ0) is 18.6. The van der Waals surface area contributed by atoms with Gasteiger partial charge in [-0.3, -0.25) is 4.99 Å². The van der Waals surface area contributed by atoms with Gasteiger partial charge < -0.3 is 19.7 Å². The molecule has 0 bridgehead atoms. The predicted octanol–water partition coefficient (Wildman–Crippen LogP) is 3.93. The summed E-state index contributed by atoms with van der Waals surface area (Å²) < 4.78 is 11.2. The van der Waals surface area contributed by atoms with E-state index >= 15 is 0 Å². The molecule has 0 fully saturated rings. The summed E-state index contributed by atoms with van der Waals surface area (Å²) in [7, 11) is 3.80. The number of benzene rings is 2. The van der Waals surface area contributed by atoms with Gasteiger partial charge in [0.2, 0.25) is 0 Å². The summed E-state index contributed by atoms with van der Waals surface area (Å²) in [6.45, 7) is 5.49. The number of ether oxygens (including phenoxy) is 2. The molecule has 0 aliphatic heterocycles. The predicted molar refractivity (Wildman–Crippen MR) is 122 cm³/mol. The van der Waals surface area contributed by atoms with Crippen LogP contribution in [-0.2, 0) is 17.9 Å². The second kappa shape index (κ2) is 13.4. The first-order valence-corrected chi connectivity index (χ1v) is 8.98. The van der Waals surface area contributed by atoms with Crippen LogP contribution in [0.4, 0.5) is 0 Å². The van der Waals surface area contributed by atoms with E-state index in [2.05, 4.69) is 39.5 Å². The lowest BCUT2D eigenvalue weighted by Crippen LogP contribution is -2.40. The number of nitrogens with zero attached hydrogens (tertiary/aromatic N) is 2. The van der Waals surface area contributed by atoms with Crippen molar-refractivity contribution in [1.82, 2.24) is 10.2 Å². The van der Waals surface area contributed by atoms with Crippen LogP contribution in [0.5, 0.6) is 5.75 Å². The molecule has 0 atom stereocenters. The van der Waals surface area contributed by atoms with Crippen LogP contribution in [-0.4, -0.2) is 44.7 Å². The zero-order valence-corrected chi connectivity index (χ0v) is 18.7. The van der Waals surface area contributed by atoms with Gasteiger partial charge in [-0.25, -0.2) is 0 Å². The monoisotopic (exact) mass is 483 g/mol. The van der Waals surface area contributed by atoms with Crippen LogP contribution in [0.1, 0.15) is 18.1 Å². The van der Waals surface area contributed by atoms with Crippen molar-refractivity contribution in [3.63, 3.8) is 0 Å². The Labute approximate surface area is 179 Å². The molecule has 0 radical (unpaired) electrons. The highest BCUT2D eigenvalue weighted by Crippen LogP contribution is 2.08. The minimum Gasteiger partial charge on any atom is -0.492 e. The standard InChI is InChI=1S/C21H29N3O2.HI/c1-4-25-17-19-12-10-18(11-13-19)16-23-21(22-2)24(3)14-15-26-20-8-6-5-7-9-20;/h5-13H,4,14-17H2,1-3H3,(H,22,23);1H. The first-order chi connectivity index (χ1) is 12.7. The molecule has 5 nitrogen and oxygen atoms in total. The fourth-order valence-corrected chi connectivity index (χ4v) is 2.46. The number of guanidine groups is 1. The van der Waals surface area contributed by atoms with Crippen molar-refractivity contribution in [2.75, 3.05) is 33.9 Å². The number of halogens is 1. The van der Waals surface area contributed by atoms with E-state index < -0.39 is 0 Å². The summed E-state index contributed by atoms with van der Waals surface area (Å²) in [6.07, 6.45) is 0. The van der Waals surface area contributed by atoms with E-state index in [0.29, 0.717) is 13.2 Å². The van der Waals surface area contributed by atoms with E-state index in [9.17, 15) is 0 Å². The average Bonchev–Trinajstić information content (AvgIpc) is 2.68. The van der Waals surface area contributed by atoms with Crippen LogP contribution < -0.4 is 10.1 Å². The third-order valence-corrected chi connectivity index (χ3v) is 3.96. The summed E-state index contributed by atoms with van der Waals surface area (Å²) in [4.78, 5) is 6.40. The summed E-state index contributed by atoms with van der Waals surface area (Å²) in [5.41, 5.74) is 2.40. The second-order valence-corrected chi connectivity index (χ2v) is 5.94. The third-order valence-electron chi connectivity index (χ3n) is 3.96. The van der Waals surface area contributed by atoms with Gasteiger partial charge in [-0.15, -0.1) is 24.0 Å². The average molecular weight is 483 g/mol. The summed E-state index contributed by atoms with van der Waals surface area (Å²) >= 11 is 0. The molecule has 0 spiro atoms. The van der Waals surface area contributed by atoms with Gasteiger partial charge in [0.15, 0.2) is 5.96 Å². The van der Waals surface area contributed by atoms with Crippen molar-refractivity contribution in [2.24, 2.45) is 4.99 Å². The Kier molecular flexibility index (Phi) is 11.5. The van der Waals surface area contributed by atoms with Gasteiger partial charge in [0.05, 0.1) is 13.2 Å². The quantitative estimate of drug-likeness (QED) is 0.334. The number of aliphatic imine (C=N–C) groups is 1. The highest BCUT2D eigenvalue weighted by molar-refractivity contribution is 14.0. The lowest BCUT2D eigenvalue weighted by molar-refractivity contribution is 0.134. The first-order valence-electron chi connectivity index (χ1n) is 8.98. The first kappa shape index (κ1) is 23.2. The Hall–Kier alpha value is -1.80. The molecule has 2 aromatic rings. The molecule has 27 heavy (non-hydrogen) atoms. The molecule has 0 amide bonds. The van der Waals surface area contributed by atoms with E-state index in [1.807, 2.05) is 44.3 Å². The largest absolute Gasteiger partial charge is 0.492 e. The number of likely N-dealkylation sites (N-methyl/N-ethyl adjacent to an activating group) is 1. The Morgan fingerprint density at radius 1 is 1.04 bits per heavy atom. The minimum atomic E-state index is 0. The van der Waals surface area contributed by atoms with Crippen molar-refractivity contribution >= 4 is 29.9 Å². The van der Waals surface area contributed by atoms with E-state index in [-0.39, 0.29) is 24.0 Å². The van der Waals surface area contributed by atoms with E-state index in [0.717, 1.165) is 31.4 Å². The third kappa shape index (κ3) is 8.62. The van der Waals surface area contributed by atoms with Crippen LogP contribution in [0.15, 0.2) is 59.6 Å². The molecule has 0 aromatic heterocycles. The molecular formula is C21H30IN3O2. The van der Waals surface area contributed by atoms with Crippen LogP contribution in [0.3, 0.4) is 0 Å². The molecule has 0 saturated carbocycles. The maximum Gasteiger partial charge on any atom is 0.193 e. The van der Waals surface area contributed by atoms with Crippen molar-refractivity contribution in [1.29, 1.82) is 0 Å². The van der Waals surface area contributed by atoms with Crippen LogP contribution >= 0.6 is 24.0 Å². The van der Waals surface area contributed by atoms with Gasteiger partial charge in [0.25, 0.3) is 0 Å². The number of hydrogen-bond donors (Lipinski definition) is 1. The molecule has 0 heterocycles. The molecule has 6 heteroatoms. The van der Waals surface area contributed by atoms with Crippen molar-refractivity contribution in [2.45, 2.75) is 20.1 Å². The lowest BCUT2D eigenvalue weighted by atomic mass is 10.1. The van der Waals surface area contributed by atoms with E-state index in [4.69, 9.17) is 9.47 Å². The maximum absolute atomic E-state index is 5.74. The van der Waals surface area contributed by atoms with Crippen molar-refractivity contribution in [3.8, 4) is 5.75 Å². The summed E-state index contributed by atoms with van der Waals surface area (Å²) in [6, 6.07) is 18.3. The Morgan fingerprint density at radius 3 is 2.33 bits per heavy atom. The highest BCUT2D eigenvalue weighted by Gasteiger charge is 2.06. The van der Waals surface area contributed by atoms with Crippen LogP contribution in [0.25, 0.3) is 0 Å². The number of nitrogens with one attached hydrogen (secondary N) is 1. The minimum absolute atomic E-state index is 0. The summed E-state index contributed by atoms with van der Waals surface area (Å²) in [5.74, 6) is 1.73. The van der Waals surface area contributed by atoms with E-state index in [1.165, 1.54) is 11.1 Å². The topological polar surface area (TPSA) is 46.1 Å². The molecular weight excluding hydrogens is 453 g/mol. The Morgan fingerprint density at radius 2 is 1.70 bits per heavy atom. The van der Waals surface area contributed by atoms with Crippen molar-refractivity contribution in [3.05, 3.63) is 65.7 Å². The van der Waals surface area contributed by atoms with Gasteiger partial charge in [-0.05, 0) is 30.2 Å². The van der Waals surface area contributed by atoms with Crippen molar-refractivity contribution < 1.29 is 9.47 Å².